The summed E-state index contributed by atoms with van der Waals surface area (Å²) in [6, 6.07) is 11.8. The lowest BCUT2D eigenvalue weighted by Gasteiger charge is -2.20. The number of para-hydroxylation sites is 1. The van der Waals surface area contributed by atoms with Crippen molar-refractivity contribution in [2.24, 2.45) is 5.92 Å². The lowest BCUT2D eigenvalue weighted by molar-refractivity contribution is 0.0937. The number of hydrogen-bond donors (Lipinski definition) is 1. The molecule has 2 aromatic carbocycles. The monoisotopic (exact) mass is 448 g/mol. The number of halogens is 1. The van der Waals surface area contributed by atoms with Crippen LogP contribution in [-0.4, -0.2) is 40.6 Å². The molecule has 1 saturated carbocycles. The van der Waals surface area contributed by atoms with Crippen LogP contribution in [0.3, 0.4) is 0 Å². The first-order valence-electron chi connectivity index (χ1n) is 10.2. The van der Waals surface area contributed by atoms with Gasteiger partial charge >= 0.3 is 0 Å². The van der Waals surface area contributed by atoms with Gasteiger partial charge in [-0.1, -0.05) is 29.8 Å². The molecule has 0 aromatic heterocycles. The van der Waals surface area contributed by atoms with Crippen LogP contribution in [0.25, 0.3) is 0 Å². The Morgan fingerprint density at radius 2 is 2.00 bits per heavy atom. The molecule has 160 valence electrons. The van der Waals surface area contributed by atoms with Gasteiger partial charge in [-0.3, -0.25) is 9.10 Å². The zero-order valence-corrected chi connectivity index (χ0v) is 18.2. The lowest BCUT2D eigenvalue weighted by atomic mass is 10.2. The first-order valence-corrected chi connectivity index (χ1v) is 12.0. The Morgan fingerprint density at radius 1 is 1.20 bits per heavy atom. The fraction of sp³-hybridized carbons (Fsp3) is 0.409. The lowest BCUT2D eigenvalue weighted by Crippen LogP contribution is -2.30. The highest BCUT2D eigenvalue weighted by Crippen LogP contribution is 2.35. The molecule has 6 nitrogen and oxygen atoms in total. The Kier molecular flexibility index (Phi) is 6.32. The Balaban J connectivity index is 1.43. The van der Waals surface area contributed by atoms with E-state index >= 15 is 0 Å². The van der Waals surface area contributed by atoms with Crippen LogP contribution in [0.1, 0.15) is 35.2 Å². The fourth-order valence-electron chi connectivity index (χ4n) is 3.53. The highest BCUT2D eigenvalue weighted by Gasteiger charge is 2.32. The maximum Gasteiger partial charge on any atom is 0.265 e. The predicted octanol–water partition coefficient (Wildman–Crippen LogP) is 3.64. The minimum absolute atomic E-state index is 0.0544. The highest BCUT2D eigenvalue weighted by atomic mass is 35.5. The van der Waals surface area contributed by atoms with Crippen LogP contribution in [0.2, 0.25) is 5.02 Å². The molecule has 1 N–H and O–H groups in total. The van der Waals surface area contributed by atoms with Crippen molar-refractivity contribution in [1.29, 1.82) is 0 Å². The van der Waals surface area contributed by atoms with E-state index in [4.69, 9.17) is 16.3 Å². The highest BCUT2D eigenvalue weighted by molar-refractivity contribution is 7.93. The summed E-state index contributed by atoms with van der Waals surface area (Å²) in [4.78, 5) is 12.4. The standard InChI is InChI=1S/C22H25ClN2O4S/c23-19-9-8-18(22(26)24-11-3-13-29-15-16-6-7-16)14-21(19)30(27,28)25-12-10-17-4-1-2-5-20(17)25/h1-2,4-5,8-9,14,16H,3,6-7,10-13,15H2,(H,24,26). The van der Waals surface area contributed by atoms with Gasteiger partial charge in [0.05, 0.1) is 10.7 Å². The number of nitrogens with zero attached hydrogens (tertiary/aromatic N) is 1. The molecule has 4 rings (SSSR count). The van der Waals surface area contributed by atoms with Gasteiger partial charge in [-0.15, -0.1) is 0 Å². The molecule has 0 spiro atoms. The third-order valence-corrected chi connectivity index (χ3v) is 7.70. The first kappa shape index (κ1) is 21.2. The number of ether oxygens (including phenoxy) is 1. The molecule has 0 radical (unpaired) electrons. The number of fused-ring (bicyclic) bond motifs is 1. The molecule has 8 heteroatoms. The summed E-state index contributed by atoms with van der Waals surface area (Å²) in [5.41, 5.74) is 1.91. The number of anilines is 1. The van der Waals surface area contributed by atoms with Gasteiger partial charge in [0.1, 0.15) is 4.90 Å². The number of carbonyl (C=O) groups excluding carboxylic acids is 1. The number of amides is 1. The second-order valence-electron chi connectivity index (χ2n) is 7.73. The molecule has 0 saturated heterocycles. The smallest absolute Gasteiger partial charge is 0.265 e. The van der Waals surface area contributed by atoms with E-state index in [1.807, 2.05) is 18.2 Å². The van der Waals surface area contributed by atoms with Crippen molar-refractivity contribution in [2.45, 2.75) is 30.6 Å². The molecule has 0 unspecified atom stereocenters. The second kappa shape index (κ2) is 8.96. The average Bonchev–Trinajstić information content (AvgIpc) is 3.46. The van der Waals surface area contributed by atoms with E-state index in [0.717, 1.165) is 18.1 Å². The molecular weight excluding hydrogens is 424 g/mol. The summed E-state index contributed by atoms with van der Waals surface area (Å²) >= 11 is 6.23. The van der Waals surface area contributed by atoms with E-state index in [0.29, 0.717) is 38.2 Å². The van der Waals surface area contributed by atoms with Crippen LogP contribution in [0.15, 0.2) is 47.4 Å². The number of carbonyl (C=O) groups is 1. The largest absolute Gasteiger partial charge is 0.381 e. The summed E-state index contributed by atoms with van der Waals surface area (Å²) in [6.45, 7) is 2.22. The Bertz CT molecular complexity index is 1040. The molecule has 1 aliphatic carbocycles. The molecule has 0 bridgehead atoms. The summed E-state index contributed by atoms with van der Waals surface area (Å²) in [7, 11) is -3.87. The number of rotatable bonds is 9. The van der Waals surface area contributed by atoms with E-state index in [2.05, 4.69) is 5.32 Å². The Morgan fingerprint density at radius 3 is 2.80 bits per heavy atom. The normalized spacial score (nSPS) is 15.8. The van der Waals surface area contributed by atoms with Crippen LogP contribution < -0.4 is 9.62 Å². The predicted molar refractivity (Wildman–Crippen MR) is 117 cm³/mol. The molecule has 1 fully saturated rings. The van der Waals surface area contributed by atoms with Gasteiger partial charge in [-0.2, -0.15) is 0 Å². The molecule has 30 heavy (non-hydrogen) atoms. The Labute approximate surface area is 182 Å². The second-order valence-corrected chi connectivity index (χ2v) is 9.97. The molecule has 0 atom stereocenters. The van der Waals surface area contributed by atoms with Crippen LogP contribution in [-0.2, 0) is 21.2 Å². The van der Waals surface area contributed by atoms with Gasteiger partial charge in [0.25, 0.3) is 15.9 Å². The summed E-state index contributed by atoms with van der Waals surface area (Å²) in [5.74, 6) is 0.392. The van der Waals surface area contributed by atoms with Gasteiger partial charge in [0.2, 0.25) is 0 Å². The van der Waals surface area contributed by atoms with Gasteiger partial charge in [-0.05, 0) is 61.4 Å². The summed E-state index contributed by atoms with van der Waals surface area (Å²) in [5, 5.41) is 2.92. The van der Waals surface area contributed by atoms with Crippen LogP contribution >= 0.6 is 11.6 Å². The topological polar surface area (TPSA) is 75.7 Å². The molecule has 1 amide bonds. The van der Waals surface area contributed by atoms with Crippen molar-refractivity contribution >= 4 is 33.2 Å². The summed E-state index contributed by atoms with van der Waals surface area (Å²) < 4.78 is 33.5. The number of benzene rings is 2. The van der Waals surface area contributed by atoms with E-state index in [1.54, 1.807) is 6.07 Å². The van der Waals surface area contributed by atoms with Crippen molar-refractivity contribution in [2.75, 3.05) is 30.6 Å². The molecule has 2 aromatic rings. The Hall–Kier alpha value is -2.09. The van der Waals surface area contributed by atoms with E-state index in [-0.39, 0.29) is 21.4 Å². The first-order chi connectivity index (χ1) is 14.5. The van der Waals surface area contributed by atoms with Gasteiger partial charge < -0.3 is 10.1 Å². The fourth-order valence-corrected chi connectivity index (χ4v) is 5.54. The molecule has 1 aliphatic heterocycles. The third-order valence-electron chi connectivity index (χ3n) is 5.41. The molecule has 1 heterocycles. The summed E-state index contributed by atoms with van der Waals surface area (Å²) in [6.07, 6.45) is 3.86. The average molecular weight is 449 g/mol. The van der Waals surface area contributed by atoms with Crippen LogP contribution in [0, 0.1) is 5.92 Å². The van der Waals surface area contributed by atoms with E-state index in [9.17, 15) is 13.2 Å². The maximum absolute atomic E-state index is 13.3. The minimum Gasteiger partial charge on any atom is -0.381 e. The van der Waals surface area contributed by atoms with Gasteiger partial charge in [-0.25, -0.2) is 8.42 Å². The quantitative estimate of drug-likeness (QED) is 0.594. The minimum atomic E-state index is -3.87. The van der Waals surface area contributed by atoms with E-state index < -0.39 is 10.0 Å². The van der Waals surface area contributed by atoms with Crippen molar-refractivity contribution < 1.29 is 17.9 Å². The SMILES string of the molecule is O=C(NCCCOCC1CC1)c1ccc(Cl)c(S(=O)(=O)N2CCc3ccccc32)c1. The van der Waals surface area contributed by atoms with Crippen molar-refractivity contribution in [3.63, 3.8) is 0 Å². The van der Waals surface area contributed by atoms with Gasteiger partial charge in [0.15, 0.2) is 0 Å². The number of nitrogens with one attached hydrogen (secondary N) is 1. The molecular formula is C22H25ClN2O4S. The van der Waals surface area contributed by atoms with E-state index in [1.165, 1.54) is 35.3 Å². The number of hydrogen-bond acceptors (Lipinski definition) is 4. The van der Waals surface area contributed by atoms with Crippen molar-refractivity contribution in [3.8, 4) is 0 Å². The zero-order valence-electron chi connectivity index (χ0n) is 16.6. The zero-order chi connectivity index (χ0) is 21.1. The number of sulfonamides is 1. The van der Waals surface area contributed by atoms with Crippen LogP contribution in [0.5, 0.6) is 0 Å². The van der Waals surface area contributed by atoms with Crippen LogP contribution in [0.4, 0.5) is 5.69 Å². The third kappa shape index (κ3) is 4.63. The van der Waals surface area contributed by atoms with Gasteiger partial charge in [0, 0.05) is 31.9 Å². The van der Waals surface area contributed by atoms with Crippen molar-refractivity contribution in [1.82, 2.24) is 5.32 Å². The maximum atomic E-state index is 13.3. The molecule has 2 aliphatic rings. The van der Waals surface area contributed by atoms with Crippen molar-refractivity contribution in [3.05, 3.63) is 58.6 Å².